The zero-order chi connectivity index (χ0) is 17.7. The molecule has 0 atom stereocenters. The molecular formula is C20H32N4. The van der Waals surface area contributed by atoms with Crippen LogP contribution in [-0.4, -0.2) is 19.6 Å². The van der Waals surface area contributed by atoms with E-state index in [4.69, 9.17) is 5.10 Å². The molecule has 4 heteroatoms. The molecule has 0 spiro atoms. The fraction of sp³-hybridized carbons (Fsp3) is 0.700. The summed E-state index contributed by atoms with van der Waals surface area (Å²) in [5.41, 5.74) is 7.04. The maximum Gasteiger partial charge on any atom is 0.0633 e. The second-order valence-electron chi connectivity index (χ2n) is 8.98. The molecule has 4 nitrogen and oxygen atoms in total. The van der Waals surface area contributed by atoms with Gasteiger partial charge in [-0.25, -0.2) is 0 Å². The zero-order valence-electron chi connectivity index (χ0n) is 16.4. The van der Waals surface area contributed by atoms with Gasteiger partial charge in [0.2, 0.25) is 0 Å². The smallest absolute Gasteiger partial charge is 0.0633 e. The largest absolute Gasteiger partial charge is 0.269 e. The highest BCUT2D eigenvalue weighted by Crippen LogP contribution is 2.34. The number of hydrogen-bond acceptors (Lipinski definition) is 2. The molecule has 2 aromatic heterocycles. The Kier molecular flexibility index (Phi) is 4.13. The maximum absolute atomic E-state index is 4.83. The predicted molar refractivity (Wildman–Crippen MR) is 98.6 cm³/mol. The second-order valence-corrected chi connectivity index (χ2v) is 8.98. The highest BCUT2D eigenvalue weighted by molar-refractivity contribution is 5.32. The van der Waals surface area contributed by atoms with Gasteiger partial charge in [0.1, 0.15) is 0 Å². The van der Waals surface area contributed by atoms with Gasteiger partial charge >= 0.3 is 0 Å². The van der Waals surface area contributed by atoms with E-state index >= 15 is 0 Å². The lowest BCUT2D eigenvalue weighted by molar-refractivity contribution is 0.413. The van der Waals surface area contributed by atoms with Crippen LogP contribution < -0.4 is 0 Å². The number of fused-ring (bicyclic) bond motifs is 1. The van der Waals surface area contributed by atoms with Crippen molar-refractivity contribution in [3.8, 4) is 0 Å². The molecule has 0 fully saturated rings. The van der Waals surface area contributed by atoms with Crippen LogP contribution in [0.4, 0.5) is 0 Å². The molecule has 0 saturated heterocycles. The molecule has 0 N–H and O–H groups in total. The van der Waals surface area contributed by atoms with Crippen molar-refractivity contribution in [3.63, 3.8) is 0 Å². The summed E-state index contributed by atoms with van der Waals surface area (Å²) in [6.07, 6.45) is 5.58. The highest BCUT2D eigenvalue weighted by Gasteiger charge is 2.29. The summed E-state index contributed by atoms with van der Waals surface area (Å²) in [6.45, 7) is 17.9. The standard InChI is InChI=1S/C20H32N4/c1-14-18(19(3,4)5)15(2)23(22-14)12-10-20(6,7)16-13-21-24-11-8-9-17(16)24/h13H,8-12H2,1-7H3. The minimum absolute atomic E-state index is 0.131. The second kappa shape index (κ2) is 5.75. The lowest BCUT2D eigenvalue weighted by Gasteiger charge is -2.25. The van der Waals surface area contributed by atoms with E-state index in [2.05, 4.69) is 69.1 Å². The molecule has 0 aromatic carbocycles. The quantitative estimate of drug-likeness (QED) is 0.838. The average molecular weight is 329 g/mol. The topological polar surface area (TPSA) is 35.6 Å². The fourth-order valence-corrected chi connectivity index (χ4v) is 4.35. The number of hydrogen-bond donors (Lipinski definition) is 0. The van der Waals surface area contributed by atoms with Crippen LogP contribution in [0.3, 0.4) is 0 Å². The third kappa shape index (κ3) is 2.91. The molecule has 1 aliphatic heterocycles. The molecule has 0 unspecified atom stereocenters. The average Bonchev–Trinajstić information content (AvgIpc) is 3.09. The van der Waals surface area contributed by atoms with Crippen LogP contribution in [0.25, 0.3) is 0 Å². The molecule has 2 aromatic rings. The van der Waals surface area contributed by atoms with Crippen molar-refractivity contribution in [1.29, 1.82) is 0 Å². The van der Waals surface area contributed by atoms with E-state index in [1.165, 1.54) is 41.1 Å². The van der Waals surface area contributed by atoms with Gasteiger partial charge in [-0.15, -0.1) is 0 Å². The van der Waals surface area contributed by atoms with Crippen molar-refractivity contribution in [3.05, 3.63) is 34.4 Å². The summed E-state index contributed by atoms with van der Waals surface area (Å²) in [6, 6.07) is 0. The first kappa shape index (κ1) is 17.2. The monoisotopic (exact) mass is 328 g/mol. The van der Waals surface area contributed by atoms with Gasteiger partial charge in [-0.2, -0.15) is 10.2 Å². The van der Waals surface area contributed by atoms with Crippen molar-refractivity contribution < 1.29 is 0 Å². The summed E-state index contributed by atoms with van der Waals surface area (Å²) in [5.74, 6) is 0. The van der Waals surface area contributed by atoms with Gasteiger partial charge < -0.3 is 0 Å². The molecular weight excluding hydrogens is 296 g/mol. The third-order valence-corrected chi connectivity index (χ3v) is 5.54. The Bertz CT molecular complexity index is 741. The van der Waals surface area contributed by atoms with Gasteiger partial charge in [0.25, 0.3) is 0 Å². The normalized spacial score (nSPS) is 15.1. The summed E-state index contributed by atoms with van der Waals surface area (Å²) in [7, 11) is 0. The lowest BCUT2D eigenvalue weighted by Crippen LogP contribution is -2.22. The maximum atomic E-state index is 4.83. The van der Waals surface area contributed by atoms with Crippen LogP contribution in [0.15, 0.2) is 6.20 Å². The van der Waals surface area contributed by atoms with Gasteiger partial charge in [0.05, 0.1) is 11.9 Å². The van der Waals surface area contributed by atoms with E-state index in [1.54, 1.807) is 0 Å². The summed E-state index contributed by atoms with van der Waals surface area (Å²) in [4.78, 5) is 0. The van der Waals surface area contributed by atoms with Crippen LogP contribution in [-0.2, 0) is 30.3 Å². The molecule has 0 saturated carbocycles. The SMILES string of the molecule is Cc1nn(CCC(C)(C)c2cnn3c2CCC3)c(C)c1C(C)(C)C. The van der Waals surface area contributed by atoms with E-state index in [0.29, 0.717) is 0 Å². The fourth-order valence-electron chi connectivity index (χ4n) is 4.35. The molecule has 3 heterocycles. The van der Waals surface area contributed by atoms with Crippen LogP contribution in [0.1, 0.15) is 75.7 Å². The third-order valence-electron chi connectivity index (χ3n) is 5.54. The van der Waals surface area contributed by atoms with Crippen molar-refractivity contribution in [2.24, 2.45) is 0 Å². The first-order valence-corrected chi connectivity index (χ1v) is 9.21. The van der Waals surface area contributed by atoms with Crippen LogP contribution in [0.2, 0.25) is 0 Å². The van der Waals surface area contributed by atoms with Gasteiger partial charge in [0.15, 0.2) is 0 Å². The van der Waals surface area contributed by atoms with Crippen molar-refractivity contribution in [1.82, 2.24) is 19.6 Å². The highest BCUT2D eigenvalue weighted by atomic mass is 15.3. The number of rotatable bonds is 4. The van der Waals surface area contributed by atoms with Crippen molar-refractivity contribution >= 4 is 0 Å². The predicted octanol–water partition coefficient (Wildman–Crippen LogP) is 4.31. The molecule has 0 radical (unpaired) electrons. The summed E-state index contributed by atoms with van der Waals surface area (Å²) >= 11 is 0. The minimum Gasteiger partial charge on any atom is -0.269 e. The zero-order valence-corrected chi connectivity index (χ0v) is 16.4. The Labute approximate surface area is 146 Å². The van der Waals surface area contributed by atoms with Crippen LogP contribution in [0, 0.1) is 13.8 Å². The molecule has 0 amide bonds. The minimum atomic E-state index is 0.131. The Morgan fingerprint density at radius 2 is 1.83 bits per heavy atom. The summed E-state index contributed by atoms with van der Waals surface area (Å²) < 4.78 is 4.40. The van der Waals surface area contributed by atoms with E-state index in [9.17, 15) is 0 Å². The molecule has 1 aliphatic rings. The molecule has 0 aliphatic carbocycles. The number of nitrogens with zero attached hydrogens (tertiary/aromatic N) is 4. The number of aromatic nitrogens is 4. The van der Waals surface area contributed by atoms with Gasteiger partial charge in [-0.3, -0.25) is 9.36 Å². The summed E-state index contributed by atoms with van der Waals surface area (Å²) in [5, 5.41) is 9.41. The molecule has 24 heavy (non-hydrogen) atoms. The Morgan fingerprint density at radius 1 is 1.12 bits per heavy atom. The Morgan fingerprint density at radius 3 is 2.46 bits per heavy atom. The Hall–Kier alpha value is -1.58. The molecule has 0 bridgehead atoms. The lowest BCUT2D eigenvalue weighted by atomic mass is 9.81. The van der Waals surface area contributed by atoms with Gasteiger partial charge in [-0.05, 0) is 49.5 Å². The van der Waals surface area contributed by atoms with Crippen LogP contribution in [0.5, 0.6) is 0 Å². The first-order chi connectivity index (χ1) is 11.1. The van der Waals surface area contributed by atoms with Crippen molar-refractivity contribution in [2.45, 2.75) is 91.6 Å². The van der Waals surface area contributed by atoms with E-state index in [0.717, 1.165) is 19.5 Å². The van der Waals surface area contributed by atoms with Gasteiger partial charge in [0, 0.05) is 30.0 Å². The van der Waals surface area contributed by atoms with E-state index < -0.39 is 0 Å². The molecule has 3 rings (SSSR count). The first-order valence-electron chi connectivity index (χ1n) is 9.21. The Balaban J connectivity index is 1.80. The van der Waals surface area contributed by atoms with Crippen LogP contribution >= 0.6 is 0 Å². The molecule has 132 valence electrons. The van der Waals surface area contributed by atoms with Crippen molar-refractivity contribution in [2.75, 3.05) is 0 Å². The number of aryl methyl sites for hydroxylation is 3. The van der Waals surface area contributed by atoms with E-state index in [1.807, 2.05) is 0 Å². The van der Waals surface area contributed by atoms with E-state index in [-0.39, 0.29) is 10.8 Å². The van der Waals surface area contributed by atoms with Gasteiger partial charge in [-0.1, -0.05) is 34.6 Å².